The second-order valence-corrected chi connectivity index (χ2v) is 7.31. The number of nitrogens with zero attached hydrogens (tertiary/aromatic N) is 2. The van der Waals surface area contributed by atoms with E-state index in [0.29, 0.717) is 12.2 Å². The number of hydrogen-bond acceptors (Lipinski definition) is 4. The maximum atomic E-state index is 5.82. The zero-order valence-electron chi connectivity index (χ0n) is 14.4. The van der Waals surface area contributed by atoms with Crippen molar-refractivity contribution in [1.82, 2.24) is 15.5 Å². The molecule has 1 aliphatic heterocycles. The average Bonchev–Trinajstić information content (AvgIpc) is 2.41. The first-order chi connectivity index (χ1) is 9.89. The van der Waals surface area contributed by atoms with Gasteiger partial charge in [0, 0.05) is 44.5 Å². The van der Waals surface area contributed by atoms with Gasteiger partial charge in [0.05, 0.1) is 12.2 Å². The molecule has 6 heteroatoms. The van der Waals surface area contributed by atoms with E-state index in [4.69, 9.17) is 4.74 Å². The first kappa shape index (κ1) is 18.6. The number of rotatable bonds is 6. The third kappa shape index (κ3) is 6.45. The number of thioether (sulfide) groups is 1. The van der Waals surface area contributed by atoms with Gasteiger partial charge in [0.25, 0.3) is 0 Å². The Balaban J connectivity index is 2.47. The second-order valence-electron chi connectivity index (χ2n) is 6.32. The van der Waals surface area contributed by atoms with Gasteiger partial charge < -0.3 is 15.4 Å². The van der Waals surface area contributed by atoms with Crippen LogP contribution in [-0.4, -0.2) is 73.8 Å². The van der Waals surface area contributed by atoms with Crippen LogP contribution in [0, 0.1) is 0 Å². The summed E-state index contributed by atoms with van der Waals surface area (Å²) in [6.45, 7) is 12.6. The minimum atomic E-state index is 0.0728. The van der Waals surface area contributed by atoms with E-state index in [9.17, 15) is 0 Å². The van der Waals surface area contributed by atoms with Crippen LogP contribution in [0.15, 0.2) is 4.99 Å². The van der Waals surface area contributed by atoms with Crippen molar-refractivity contribution in [3.8, 4) is 0 Å². The Morgan fingerprint density at radius 3 is 2.43 bits per heavy atom. The van der Waals surface area contributed by atoms with Crippen molar-refractivity contribution in [2.24, 2.45) is 4.99 Å². The molecule has 21 heavy (non-hydrogen) atoms. The molecule has 1 saturated heterocycles. The summed E-state index contributed by atoms with van der Waals surface area (Å²) >= 11 is 1.83. The van der Waals surface area contributed by atoms with Crippen LogP contribution < -0.4 is 10.6 Å². The molecule has 0 aliphatic carbocycles. The molecule has 1 rings (SSSR count). The van der Waals surface area contributed by atoms with Crippen LogP contribution in [0.1, 0.15) is 27.7 Å². The molecule has 1 fully saturated rings. The minimum absolute atomic E-state index is 0.0728. The highest BCUT2D eigenvalue weighted by Crippen LogP contribution is 2.20. The lowest BCUT2D eigenvalue weighted by Crippen LogP contribution is -2.59. The van der Waals surface area contributed by atoms with Crippen LogP contribution >= 0.6 is 11.8 Å². The maximum Gasteiger partial charge on any atom is 0.191 e. The first-order valence-electron chi connectivity index (χ1n) is 7.73. The Morgan fingerprint density at radius 1 is 1.29 bits per heavy atom. The molecule has 2 N–H and O–H groups in total. The fraction of sp³-hybridized carbons (Fsp3) is 0.933. The van der Waals surface area contributed by atoms with E-state index in [1.165, 1.54) is 0 Å². The van der Waals surface area contributed by atoms with Gasteiger partial charge in [-0.3, -0.25) is 9.89 Å². The lowest BCUT2D eigenvalue weighted by molar-refractivity contribution is -0.0946. The summed E-state index contributed by atoms with van der Waals surface area (Å²) < 4.78 is 5.82. The third-order valence-electron chi connectivity index (χ3n) is 3.79. The average molecular weight is 317 g/mol. The van der Waals surface area contributed by atoms with Gasteiger partial charge in [-0.1, -0.05) is 0 Å². The fourth-order valence-electron chi connectivity index (χ4n) is 2.58. The molecule has 0 aromatic heterocycles. The molecule has 124 valence electrons. The molecule has 0 radical (unpaired) electrons. The van der Waals surface area contributed by atoms with Crippen molar-refractivity contribution in [2.45, 2.75) is 45.4 Å². The molecular weight excluding hydrogens is 284 g/mol. The van der Waals surface area contributed by atoms with Crippen LogP contribution in [0.5, 0.6) is 0 Å². The fourth-order valence-corrected chi connectivity index (χ4v) is 2.88. The minimum Gasteiger partial charge on any atom is -0.373 e. The second kappa shape index (κ2) is 8.86. The standard InChI is InChI=1S/C15H32N4OS/c1-12-9-19(10-13(2)20-12)15(3,4)11-18-14(16-5)17-7-8-21-6/h12-13H,7-11H2,1-6H3,(H2,16,17,18). The van der Waals surface area contributed by atoms with Gasteiger partial charge in [0.2, 0.25) is 0 Å². The Kier molecular flexibility index (Phi) is 7.84. The number of guanidine groups is 1. The molecule has 0 aromatic carbocycles. The summed E-state index contributed by atoms with van der Waals surface area (Å²) in [6.07, 6.45) is 2.71. The van der Waals surface area contributed by atoms with Crippen LogP contribution in [0.4, 0.5) is 0 Å². The number of hydrogen-bond donors (Lipinski definition) is 2. The SMILES string of the molecule is CN=C(NCCSC)NCC(C)(C)N1CC(C)OC(C)C1. The highest BCUT2D eigenvalue weighted by Gasteiger charge is 2.33. The van der Waals surface area contributed by atoms with Gasteiger partial charge in [-0.25, -0.2) is 0 Å². The van der Waals surface area contributed by atoms with Gasteiger partial charge in [-0.2, -0.15) is 11.8 Å². The number of ether oxygens (including phenoxy) is 1. The molecule has 1 aliphatic rings. The predicted octanol–water partition coefficient (Wildman–Crippen LogP) is 1.40. The van der Waals surface area contributed by atoms with Gasteiger partial charge in [-0.05, 0) is 34.0 Å². The highest BCUT2D eigenvalue weighted by molar-refractivity contribution is 7.98. The van der Waals surface area contributed by atoms with Crippen LogP contribution in [0.2, 0.25) is 0 Å². The van der Waals surface area contributed by atoms with Gasteiger partial charge in [0.1, 0.15) is 0 Å². The van der Waals surface area contributed by atoms with Crippen LogP contribution in [0.25, 0.3) is 0 Å². The highest BCUT2D eigenvalue weighted by atomic mass is 32.2. The van der Waals surface area contributed by atoms with Gasteiger partial charge in [-0.15, -0.1) is 0 Å². The zero-order chi connectivity index (χ0) is 15.9. The van der Waals surface area contributed by atoms with Crippen LogP contribution in [-0.2, 0) is 4.74 Å². The maximum absolute atomic E-state index is 5.82. The summed E-state index contributed by atoms with van der Waals surface area (Å²) in [6, 6.07) is 0. The van der Waals surface area contributed by atoms with E-state index < -0.39 is 0 Å². The lowest BCUT2D eigenvalue weighted by atomic mass is 10.00. The molecule has 0 aromatic rings. The van der Waals surface area contributed by atoms with E-state index >= 15 is 0 Å². The molecule has 5 nitrogen and oxygen atoms in total. The van der Waals surface area contributed by atoms with Crippen LogP contribution in [0.3, 0.4) is 0 Å². The number of aliphatic imine (C=N–C) groups is 1. The van der Waals surface area contributed by atoms with Crippen molar-refractivity contribution < 1.29 is 4.74 Å². The molecule has 0 saturated carbocycles. The Hall–Kier alpha value is -0.460. The number of nitrogens with one attached hydrogen (secondary N) is 2. The van der Waals surface area contributed by atoms with Crippen molar-refractivity contribution in [3.05, 3.63) is 0 Å². The Morgan fingerprint density at radius 2 is 1.90 bits per heavy atom. The van der Waals surface area contributed by atoms with E-state index in [0.717, 1.165) is 37.9 Å². The molecule has 0 spiro atoms. The van der Waals surface area contributed by atoms with Crippen molar-refractivity contribution in [3.63, 3.8) is 0 Å². The first-order valence-corrected chi connectivity index (χ1v) is 9.12. The summed E-state index contributed by atoms with van der Waals surface area (Å²) in [5.41, 5.74) is 0.0728. The number of morpholine rings is 1. The zero-order valence-corrected chi connectivity index (χ0v) is 15.2. The smallest absolute Gasteiger partial charge is 0.191 e. The quantitative estimate of drug-likeness (QED) is 0.441. The molecule has 0 bridgehead atoms. The predicted molar refractivity (Wildman–Crippen MR) is 93.4 cm³/mol. The normalized spacial score (nSPS) is 25.0. The van der Waals surface area contributed by atoms with E-state index in [2.05, 4.69) is 54.5 Å². The van der Waals surface area contributed by atoms with Gasteiger partial charge >= 0.3 is 0 Å². The topological polar surface area (TPSA) is 48.9 Å². The molecule has 2 unspecified atom stereocenters. The monoisotopic (exact) mass is 316 g/mol. The summed E-state index contributed by atoms with van der Waals surface area (Å²) in [5.74, 6) is 1.97. The van der Waals surface area contributed by atoms with E-state index in [1.807, 2.05) is 18.8 Å². The lowest BCUT2D eigenvalue weighted by Gasteiger charge is -2.45. The molecule has 1 heterocycles. The van der Waals surface area contributed by atoms with E-state index in [-0.39, 0.29) is 5.54 Å². The van der Waals surface area contributed by atoms with Crippen molar-refractivity contribution in [1.29, 1.82) is 0 Å². The third-order valence-corrected chi connectivity index (χ3v) is 4.40. The van der Waals surface area contributed by atoms with E-state index in [1.54, 1.807) is 0 Å². The molecule has 0 amide bonds. The Labute approximate surface area is 134 Å². The van der Waals surface area contributed by atoms with Crippen molar-refractivity contribution in [2.75, 3.05) is 45.2 Å². The largest absolute Gasteiger partial charge is 0.373 e. The summed E-state index contributed by atoms with van der Waals surface area (Å²) in [5, 5.41) is 6.78. The Bertz CT molecular complexity index is 326. The summed E-state index contributed by atoms with van der Waals surface area (Å²) in [7, 11) is 1.82. The van der Waals surface area contributed by atoms with Gasteiger partial charge in [0.15, 0.2) is 5.96 Å². The molecule has 2 atom stereocenters. The molecular formula is C15H32N4OS. The summed E-state index contributed by atoms with van der Waals surface area (Å²) in [4.78, 5) is 6.79. The van der Waals surface area contributed by atoms with Crippen molar-refractivity contribution >= 4 is 17.7 Å².